The summed E-state index contributed by atoms with van der Waals surface area (Å²) in [5.41, 5.74) is 1.11. The fourth-order valence-corrected chi connectivity index (χ4v) is 2.18. The van der Waals surface area contributed by atoms with Crippen molar-refractivity contribution in [3.05, 3.63) is 17.5 Å². The third-order valence-electron chi connectivity index (χ3n) is 3.38. The molecule has 1 aromatic rings. The number of methoxy groups -OCH3 is 1. The van der Waals surface area contributed by atoms with Crippen LogP contribution in [0.3, 0.4) is 0 Å². The molecule has 0 radical (unpaired) electrons. The molecule has 7 heteroatoms. The number of carboxylic acid groups (broad SMARTS) is 1. The fourth-order valence-electron chi connectivity index (χ4n) is 2.18. The largest absolute Gasteiger partial charge is 0.480 e. The average molecular weight is 297 g/mol. The van der Waals surface area contributed by atoms with Crippen molar-refractivity contribution in [1.82, 2.24) is 15.1 Å². The van der Waals surface area contributed by atoms with Crippen LogP contribution in [0.5, 0.6) is 0 Å². The van der Waals surface area contributed by atoms with Crippen molar-refractivity contribution in [3.8, 4) is 0 Å². The molecule has 0 saturated heterocycles. The smallest absolute Gasteiger partial charge is 0.328 e. The Morgan fingerprint density at radius 2 is 2.05 bits per heavy atom. The van der Waals surface area contributed by atoms with E-state index in [0.717, 1.165) is 18.5 Å². The monoisotopic (exact) mass is 297 g/mol. The molecule has 7 nitrogen and oxygen atoms in total. The fraction of sp³-hybridized carbons (Fsp3) is 0.643. The molecule has 1 atom stereocenters. The maximum Gasteiger partial charge on any atom is 0.328 e. The predicted octanol–water partition coefficient (Wildman–Crippen LogP) is 1.38. The highest BCUT2D eigenvalue weighted by Gasteiger charge is 2.23. The molecule has 1 aromatic heterocycles. The van der Waals surface area contributed by atoms with E-state index in [-0.39, 0.29) is 18.3 Å². The second-order valence-corrected chi connectivity index (χ2v) is 4.91. The number of amides is 1. The van der Waals surface area contributed by atoms with Gasteiger partial charge in [-0.15, -0.1) is 0 Å². The molecule has 1 unspecified atom stereocenters. The first-order chi connectivity index (χ1) is 9.94. The summed E-state index contributed by atoms with van der Waals surface area (Å²) in [5, 5.41) is 15.7. The number of hydrogen-bond donors (Lipinski definition) is 2. The van der Waals surface area contributed by atoms with Gasteiger partial charge in [0.2, 0.25) is 0 Å². The van der Waals surface area contributed by atoms with Gasteiger partial charge in [0.1, 0.15) is 5.69 Å². The summed E-state index contributed by atoms with van der Waals surface area (Å²) >= 11 is 0. The number of nitrogens with zero attached hydrogens (tertiary/aromatic N) is 2. The quantitative estimate of drug-likeness (QED) is 0.756. The molecule has 0 spiro atoms. The molecule has 0 aliphatic rings. The van der Waals surface area contributed by atoms with Gasteiger partial charge in [-0.1, -0.05) is 13.8 Å². The first kappa shape index (κ1) is 17.2. The zero-order valence-electron chi connectivity index (χ0n) is 12.9. The lowest BCUT2D eigenvalue weighted by Crippen LogP contribution is -2.44. The molecule has 0 aliphatic heterocycles. The van der Waals surface area contributed by atoms with E-state index >= 15 is 0 Å². The molecule has 118 valence electrons. The van der Waals surface area contributed by atoms with Gasteiger partial charge in [-0.3, -0.25) is 9.48 Å². The van der Waals surface area contributed by atoms with Crippen LogP contribution in [0.25, 0.3) is 0 Å². The molecule has 0 fully saturated rings. The Kier molecular flexibility index (Phi) is 6.36. The van der Waals surface area contributed by atoms with Gasteiger partial charge in [0.25, 0.3) is 5.91 Å². The first-order valence-corrected chi connectivity index (χ1v) is 7.03. The predicted molar refractivity (Wildman–Crippen MR) is 77.3 cm³/mol. The standard InChI is InChI=1S/C14H23N3O4/c1-5-10(6-2)17-9(3)7-11(16-17)13(18)15-12(8-21-4)14(19)20/h7,10,12H,5-6,8H2,1-4H3,(H,15,18)(H,19,20). The van der Waals surface area contributed by atoms with E-state index < -0.39 is 17.9 Å². The number of nitrogens with one attached hydrogen (secondary N) is 1. The summed E-state index contributed by atoms with van der Waals surface area (Å²) in [6.45, 7) is 5.92. The van der Waals surface area contributed by atoms with Gasteiger partial charge < -0.3 is 15.2 Å². The summed E-state index contributed by atoms with van der Waals surface area (Å²) in [6.07, 6.45) is 1.84. The molecule has 1 amide bonds. The topological polar surface area (TPSA) is 93.5 Å². The first-order valence-electron chi connectivity index (χ1n) is 7.03. The molecular formula is C14H23N3O4. The van der Waals surface area contributed by atoms with Gasteiger partial charge in [0, 0.05) is 12.8 Å². The van der Waals surface area contributed by atoms with E-state index in [2.05, 4.69) is 24.3 Å². The van der Waals surface area contributed by atoms with Gasteiger partial charge in [0.05, 0.1) is 12.6 Å². The van der Waals surface area contributed by atoms with Crippen LogP contribution in [0.15, 0.2) is 6.07 Å². The Balaban J connectivity index is 2.88. The Hall–Kier alpha value is -1.89. The normalized spacial score (nSPS) is 12.4. The van der Waals surface area contributed by atoms with E-state index in [1.807, 2.05) is 11.6 Å². The van der Waals surface area contributed by atoms with Gasteiger partial charge in [-0.25, -0.2) is 4.79 Å². The average Bonchev–Trinajstić information content (AvgIpc) is 2.82. The molecule has 0 saturated carbocycles. The van der Waals surface area contributed by atoms with E-state index in [0.29, 0.717) is 0 Å². The number of carboxylic acids is 1. The van der Waals surface area contributed by atoms with Gasteiger partial charge >= 0.3 is 5.97 Å². The molecule has 0 aromatic carbocycles. The van der Waals surface area contributed by atoms with Crippen LogP contribution in [0.2, 0.25) is 0 Å². The van der Waals surface area contributed by atoms with Crippen LogP contribution < -0.4 is 5.32 Å². The number of aromatic nitrogens is 2. The highest BCUT2D eigenvalue weighted by Crippen LogP contribution is 2.17. The highest BCUT2D eigenvalue weighted by molar-refractivity contribution is 5.95. The van der Waals surface area contributed by atoms with Crippen molar-refractivity contribution < 1.29 is 19.4 Å². The van der Waals surface area contributed by atoms with Crippen molar-refractivity contribution in [3.63, 3.8) is 0 Å². The van der Waals surface area contributed by atoms with Crippen molar-refractivity contribution in [2.45, 2.75) is 45.7 Å². The number of hydrogen-bond acceptors (Lipinski definition) is 4. The Morgan fingerprint density at radius 1 is 1.43 bits per heavy atom. The summed E-state index contributed by atoms with van der Waals surface area (Å²) < 4.78 is 6.60. The second-order valence-electron chi connectivity index (χ2n) is 4.91. The Labute approximate surface area is 124 Å². The number of carbonyl (C=O) groups excluding carboxylic acids is 1. The minimum Gasteiger partial charge on any atom is -0.480 e. The highest BCUT2D eigenvalue weighted by atomic mass is 16.5. The number of rotatable bonds is 8. The van der Waals surface area contributed by atoms with Crippen LogP contribution >= 0.6 is 0 Å². The molecule has 2 N–H and O–H groups in total. The van der Waals surface area contributed by atoms with E-state index in [1.54, 1.807) is 6.07 Å². The summed E-state index contributed by atoms with van der Waals surface area (Å²) in [4.78, 5) is 23.1. The minimum atomic E-state index is -1.14. The van der Waals surface area contributed by atoms with Crippen molar-refractivity contribution >= 4 is 11.9 Å². The molecule has 1 heterocycles. The third kappa shape index (κ3) is 4.29. The van der Waals surface area contributed by atoms with Crippen molar-refractivity contribution in [2.75, 3.05) is 13.7 Å². The van der Waals surface area contributed by atoms with Crippen molar-refractivity contribution in [1.29, 1.82) is 0 Å². The number of aryl methyl sites for hydroxylation is 1. The van der Waals surface area contributed by atoms with Crippen LogP contribution in [0, 0.1) is 6.92 Å². The van der Waals surface area contributed by atoms with Gasteiger partial charge in [-0.2, -0.15) is 5.10 Å². The summed E-state index contributed by atoms with van der Waals surface area (Å²) in [6, 6.07) is 0.821. The molecule has 21 heavy (non-hydrogen) atoms. The van der Waals surface area contributed by atoms with Crippen molar-refractivity contribution in [2.24, 2.45) is 0 Å². The Morgan fingerprint density at radius 3 is 2.52 bits per heavy atom. The number of carbonyl (C=O) groups is 2. The molecular weight excluding hydrogens is 274 g/mol. The summed E-state index contributed by atoms with van der Waals surface area (Å²) in [5.74, 6) is -1.64. The van der Waals surface area contributed by atoms with E-state index in [9.17, 15) is 9.59 Å². The van der Waals surface area contributed by atoms with Crippen LogP contribution in [0.1, 0.15) is 48.9 Å². The molecule has 0 aliphatic carbocycles. The van der Waals surface area contributed by atoms with E-state index in [4.69, 9.17) is 9.84 Å². The SMILES string of the molecule is CCC(CC)n1nc(C(=O)NC(COC)C(=O)O)cc1C. The zero-order valence-corrected chi connectivity index (χ0v) is 12.9. The van der Waals surface area contributed by atoms with Crippen LogP contribution in [-0.2, 0) is 9.53 Å². The minimum absolute atomic E-state index is 0.0900. The van der Waals surface area contributed by atoms with Gasteiger partial charge in [-0.05, 0) is 25.8 Å². The third-order valence-corrected chi connectivity index (χ3v) is 3.38. The maximum absolute atomic E-state index is 12.1. The van der Waals surface area contributed by atoms with Crippen LogP contribution in [0.4, 0.5) is 0 Å². The maximum atomic E-state index is 12.1. The zero-order chi connectivity index (χ0) is 16.0. The second kappa shape index (κ2) is 7.78. The molecule has 1 rings (SSSR count). The number of ether oxygens (including phenoxy) is 1. The van der Waals surface area contributed by atoms with E-state index in [1.165, 1.54) is 7.11 Å². The lowest BCUT2D eigenvalue weighted by Gasteiger charge is -2.15. The summed E-state index contributed by atoms with van der Waals surface area (Å²) in [7, 11) is 1.38. The lowest BCUT2D eigenvalue weighted by atomic mass is 10.2. The Bertz CT molecular complexity index is 494. The van der Waals surface area contributed by atoms with Crippen LogP contribution in [-0.4, -0.2) is 46.5 Å². The van der Waals surface area contributed by atoms with Gasteiger partial charge in [0.15, 0.2) is 6.04 Å². The lowest BCUT2D eigenvalue weighted by molar-refractivity contribution is -0.140. The molecule has 0 bridgehead atoms. The number of aliphatic carboxylic acids is 1.